The highest BCUT2D eigenvalue weighted by atomic mass is 35.5. The lowest BCUT2D eigenvalue weighted by molar-refractivity contribution is -0.0706. The number of ether oxygens (including phenoxy) is 1. The van der Waals surface area contributed by atoms with Crippen molar-refractivity contribution in [3.05, 3.63) is 0 Å². The van der Waals surface area contributed by atoms with Crippen LogP contribution in [-0.2, 0) is 4.74 Å². The van der Waals surface area contributed by atoms with Crippen LogP contribution in [0, 0.1) is 5.92 Å². The molecule has 1 fully saturated rings. The van der Waals surface area contributed by atoms with Crippen molar-refractivity contribution < 1.29 is 4.74 Å². The molecule has 0 saturated carbocycles. The molecular formula is C8H18ClNO. The van der Waals surface area contributed by atoms with E-state index < -0.39 is 0 Å². The third-order valence-corrected chi connectivity index (χ3v) is 2.13. The lowest BCUT2D eigenvalue weighted by atomic mass is 9.89. The van der Waals surface area contributed by atoms with Crippen LogP contribution in [0.15, 0.2) is 0 Å². The normalized spacial score (nSPS) is 29.2. The van der Waals surface area contributed by atoms with Gasteiger partial charge in [-0.3, -0.25) is 0 Å². The zero-order valence-corrected chi connectivity index (χ0v) is 8.12. The predicted octanol–water partition coefficient (Wildman–Crippen LogP) is 1.57. The number of halogens is 1. The molecule has 1 aliphatic heterocycles. The van der Waals surface area contributed by atoms with Crippen molar-refractivity contribution in [1.29, 1.82) is 0 Å². The highest BCUT2D eigenvalue weighted by Crippen LogP contribution is 2.27. The number of hydrogen-bond donors (Lipinski definition) is 1. The Hall–Kier alpha value is 0.210. The van der Waals surface area contributed by atoms with Gasteiger partial charge in [-0.15, -0.1) is 12.4 Å². The molecule has 1 aliphatic rings. The number of rotatable bonds is 1. The van der Waals surface area contributed by atoms with E-state index >= 15 is 0 Å². The quantitative estimate of drug-likeness (QED) is 0.664. The molecule has 2 N–H and O–H groups in total. The second-order valence-electron chi connectivity index (χ2n) is 3.70. The molecule has 0 aromatic rings. The maximum Gasteiger partial charge on any atom is 0.0629 e. The Morgan fingerprint density at radius 1 is 1.55 bits per heavy atom. The number of nitrogens with two attached hydrogens (primary N) is 1. The Morgan fingerprint density at radius 2 is 2.18 bits per heavy atom. The van der Waals surface area contributed by atoms with E-state index in [0.29, 0.717) is 5.92 Å². The minimum Gasteiger partial charge on any atom is -0.376 e. The summed E-state index contributed by atoms with van der Waals surface area (Å²) in [4.78, 5) is 0. The largest absolute Gasteiger partial charge is 0.376 e. The van der Waals surface area contributed by atoms with Crippen LogP contribution in [0.1, 0.15) is 26.7 Å². The average Bonchev–Trinajstić information content (AvgIpc) is 1.86. The second kappa shape index (κ2) is 4.29. The van der Waals surface area contributed by atoms with E-state index in [2.05, 4.69) is 13.8 Å². The molecule has 0 aromatic carbocycles. The Morgan fingerprint density at radius 3 is 2.55 bits per heavy atom. The molecule has 0 aromatic heterocycles. The first kappa shape index (κ1) is 11.2. The van der Waals surface area contributed by atoms with Gasteiger partial charge in [-0.2, -0.15) is 0 Å². The van der Waals surface area contributed by atoms with Crippen molar-refractivity contribution in [1.82, 2.24) is 0 Å². The maximum absolute atomic E-state index is 5.57. The summed E-state index contributed by atoms with van der Waals surface area (Å²) >= 11 is 0. The van der Waals surface area contributed by atoms with Crippen LogP contribution in [0.4, 0.5) is 0 Å². The van der Waals surface area contributed by atoms with E-state index in [1.165, 1.54) is 0 Å². The van der Waals surface area contributed by atoms with E-state index in [0.717, 1.165) is 26.0 Å². The van der Waals surface area contributed by atoms with E-state index in [4.69, 9.17) is 10.5 Å². The van der Waals surface area contributed by atoms with Gasteiger partial charge in [0.05, 0.1) is 5.60 Å². The van der Waals surface area contributed by atoms with Crippen molar-refractivity contribution in [2.45, 2.75) is 32.3 Å². The van der Waals surface area contributed by atoms with Crippen LogP contribution in [-0.4, -0.2) is 18.8 Å². The van der Waals surface area contributed by atoms with Gasteiger partial charge in [0.2, 0.25) is 0 Å². The Bertz CT molecular complexity index is 117. The molecule has 1 atom stereocenters. The zero-order chi connectivity index (χ0) is 7.61. The van der Waals surface area contributed by atoms with Crippen molar-refractivity contribution in [2.75, 3.05) is 13.2 Å². The maximum atomic E-state index is 5.57. The molecule has 0 amide bonds. The first-order valence-electron chi connectivity index (χ1n) is 3.98. The van der Waals surface area contributed by atoms with Crippen molar-refractivity contribution in [3.8, 4) is 0 Å². The van der Waals surface area contributed by atoms with Gasteiger partial charge in [-0.1, -0.05) is 0 Å². The minimum atomic E-state index is 0. The highest BCUT2D eigenvalue weighted by Gasteiger charge is 2.27. The van der Waals surface area contributed by atoms with Crippen LogP contribution in [0.5, 0.6) is 0 Å². The molecule has 1 saturated heterocycles. The van der Waals surface area contributed by atoms with Crippen molar-refractivity contribution >= 4 is 12.4 Å². The summed E-state index contributed by atoms with van der Waals surface area (Å²) < 4.78 is 5.54. The lowest BCUT2D eigenvalue weighted by Gasteiger charge is -2.34. The van der Waals surface area contributed by atoms with E-state index in [9.17, 15) is 0 Å². The second-order valence-corrected chi connectivity index (χ2v) is 3.70. The summed E-state index contributed by atoms with van der Waals surface area (Å²) in [5.74, 6) is 0.684. The molecule has 3 heteroatoms. The first-order valence-corrected chi connectivity index (χ1v) is 3.98. The molecule has 68 valence electrons. The summed E-state index contributed by atoms with van der Waals surface area (Å²) in [6.07, 6.45) is 2.25. The predicted molar refractivity (Wildman–Crippen MR) is 49.1 cm³/mol. The smallest absolute Gasteiger partial charge is 0.0629 e. The Balaban J connectivity index is 0.000001000. The van der Waals surface area contributed by atoms with Crippen LogP contribution in [0.3, 0.4) is 0 Å². The monoisotopic (exact) mass is 179 g/mol. The average molecular weight is 180 g/mol. The molecule has 1 unspecified atom stereocenters. The van der Waals surface area contributed by atoms with Crippen molar-refractivity contribution in [2.24, 2.45) is 11.7 Å². The molecule has 11 heavy (non-hydrogen) atoms. The molecule has 0 bridgehead atoms. The van der Waals surface area contributed by atoms with Gasteiger partial charge in [0.25, 0.3) is 0 Å². The standard InChI is InChI=1S/C8H17NO.ClH/c1-8(2)5-7(6-9)3-4-10-8;/h7H,3-6,9H2,1-2H3;1H. The zero-order valence-electron chi connectivity index (χ0n) is 7.30. The van der Waals surface area contributed by atoms with E-state index in [1.54, 1.807) is 0 Å². The van der Waals surface area contributed by atoms with E-state index in [1.807, 2.05) is 0 Å². The van der Waals surface area contributed by atoms with Crippen LogP contribution in [0.25, 0.3) is 0 Å². The van der Waals surface area contributed by atoms with Gasteiger partial charge in [0.1, 0.15) is 0 Å². The van der Waals surface area contributed by atoms with Crippen LogP contribution in [0.2, 0.25) is 0 Å². The van der Waals surface area contributed by atoms with Gasteiger partial charge in [-0.05, 0) is 39.2 Å². The minimum absolute atomic E-state index is 0. The third-order valence-electron chi connectivity index (χ3n) is 2.13. The third kappa shape index (κ3) is 3.41. The molecule has 1 heterocycles. The highest BCUT2D eigenvalue weighted by molar-refractivity contribution is 5.85. The Kier molecular flexibility index (Phi) is 4.37. The van der Waals surface area contributed by atoms with Gasteiger partial charge >= 0.3 is 0 Å². The molecule has 0 spiro atoms. The fourth-order valence-corrected chi connectivity index (χ4v) is 1.56. The van der Waals surface area contributed by atoms with Crippen molar-refractivity contribution in [3.63, 3.8) is 0 Å². The summed E-state index contributed by atoms with van der Waals surface area (Å²) in [7, 11) is 0. The Labute approximate surface area is 74.9 Å². The van der Waals surface area contributed by atoms with Gasteiger partial charge < -0.3 is 10.5 Å². The van der Waals surface area contributed by atoms with Crippen LogP contribution >= 0.6 is 12.4 Å². The van der Waals surface area contributed by atoms with Gasteiger partial charge in [-0.25, -0.2) is 0 Å². The molecule has 1 rings (SSSR count). The summed E-state index contributed by atoms with van der Waals surface area (Å²) in [5, 5.41) is 0. The summed E-state index contributed by atoms with van der Waals surface area (Å²) in [6.45, 7) is 5.96. The topological polar surface area (TPSA) is 35.2 Å². The molecule has 2 nitrogen and oxygen atoms in total. The fraction of sp³-hybridized carbons (Fsp3) is 1.00. The first-order chi connectivity index (χ1) is 4.64. The lowest BCUT2D eigenvalue weighted by Crippen LogP contribution is -2.36. The SMILES string of the molecule is CC1(C)CC(CN)CCO1.Cl. The van der Waals surface area contributed by atoms with Gasteiger partial charge in [0, 0.05) is 6.61 Å². The van der Waals surface area contributed by atoms with Gasteiger partial charge in [0.15, 0.2) is 0 Å². The molecule has 0 aliphatic carbocycles. The molecular weight excluding hydrogens is 162 g/mol. The molecule has 0 radical (unpaired) electrons. The van der Waals surface area contributed by atoms with E-state index in [-0.39, 0.29) is 18.0 Å². The summed E-state index contributed by atoms with van der Waals surface area (Å²) in [6, 6.07) is 0. The fourth-order valence-electron chi connectivity index (χ4n) is 1.56. The summed E-state index contributed by atoms with van der Waals surface area (Å²) in [5.41, 5.74) is 5.64. The number of hydrogen-bond acceptors (Lipinski definition) is 2. The van der Waals surface area contributed by atoms with Crippen LogP contribution < -0.4 is 5.73 Å².